The van der Waals surface area contributed by atoms with E-state index in [-0.39, 0.29) is 6.10 Å². The van der Waals surface area contributed by atoms with E-state index in [2.05, 4.69) is 0 Å². The first kappa shape index (κ1) is 14.8. The molecule has 2 unspecified atom stereocenters. The fourth-order valence-corrected chi connectivity index (χ4v) is 1.99. The second-order valence-electron chi connectivity index (χ2n) is 4.22. The highest BCUT2D eigenvalue weighted by molar-refractivity contribution is 6.33. The summed E-state index contributed by atoms with van der Waals surface area (Å²) < 4.78 is 5.14. The van der Waals surface area contributed by atoms with Crippen molar-refractivity contribution in [1.82, 2.24) is 0 Å². The Labute approximate surface area is 113 Å². The maximum absolute atomic E-state index is 9.91. The standard InChI is InChI=1S/C13H18Cl2O2/c1-9(17-2)3-5-12(16)8-10-7-11(14)4-6-13(10)15/h4,6-7,9,12,16H,3,5,8H2,1-2H3. The van der Waals surface area contributed by atoms with E-state index < -0.39 is 6.10 Å². The van der Waals surface area contributed by atoms with E-state index >= 15 is 0 Å². The van der Waals surface area contributed by atoms with E-state index in [0.29, 0.717) is 22.9 Å². The SMILES string of the molecule is COC(C)CCC(O)Cc1cc(Cl)ccc1Cl. The van der Waals surface area contributed by atoms with Crippen LogP contribution in [0.15, 0.2) is 18.2 Å². The van der Waals surface area contributed by atoms with Gasteiger partial charge < -0.3 is 9.84 Å². The summed E-state index contributed by atoms with van der Waals surface area (Å²) in [5.74, 6) is 0. The topological polar surface area (TPSA) is 29.5 Å². The van der Waals surface area contributed by atoms with Crippen molar-refractivity contribution in [3.63, 3.8) is 0 Å². The Hall–Kier alpha value is -0.280. The molecule has 0 bridgehead atoms. The summed E-state index contributed by atoms with van der Waals surface area (Å²) in [6.45, 7) is 1.99. The van der Waals surface area contributed by atoms with Crippen LogP contribution in [0.1, 0.15) is 25.3 Å². The van der Waals surface area contributed by atoms with Crippen LogP contribution in [-0.4, -0.2) is 24.4 Å². The number of rotatable bonds is 6. The van der Waals surface area contributed by atoms with Crippen LogP contribution in [0.2, 0.25) is 10.0 Å². The first-order chi connectivity index (χ1) is 8.02. The van der Waals surface area contributed by atoms with E-state index in [1.54, 1.807) is 25.3 Å². The lowest BCUT2D eigenvalue weighted by Gasteiger charge is -2.14. The fourth-order valence-electron chi connectivity index (χ4n) is 1.60. The Balaban J connectivity index is 2.50. The maximum atomic E-state index is 9.91. The van der Waals surface area contributed by atoms with Gasteiger partial charge in [-0.15, -0.1) is 0 Å². The molecule has 1 aromatic rings. The average Bonchev–Trinajstić information content (AvgIpc) is 2.30. The van der Waals surface area contributed by atoms with Crippen molar-refractivity contribution in [2.24, 2.45) is 0 Å². The molecule has 0 spiro atoms. The Bertz CT molecular complexity index is 355. The first-order valence-corrected chi connectivity index (χ1v) is 6.43. The van der Waals surface area contributed by atoms with Crippen molar-refractivity contribution in [1.29, 1.82) is 0 Å². The quantitative estimate of drug-likeness (QED) is 0.858. The molecule has 0 saturated heterocycles. The van der Waals surface area contributed by atoms with Crippen LogP contribution in [0.4, 0.5) is 0 Å². The van der Waals surface area contributed by atoms with Crippen LogP contribution in [0, 0.1) is 0 Å². The molecule has 0 fully saturated rings. The minimum Gasteiger partial charge on any atom is -0.393 e. The lowest BCUT2D eigenvalue weighted by Crippen LogP contribution is -2.15. The highest BCUT2D eigenvalue weighted by atomic mass is 35.5. The van der Waals surface area contributed by atoms with Crippen LogP contribution in [-0.2, 0) is 11.2 Å². The number of hydrogen-bond acceptors (Lipinski definition) is 2. The summed E-state index contributed by atoms with van der Waals surface area (Å²) in [7, 11) is 1.67. The van der Waals surface area contributed by atoms with Crippen LogP contribution in [0.5, 0.6) is 0 Å². The number of hydrogen-bond donors (Lipinski definition) is 1. The monoisotopic (exact) mass is 276 g/mol. The lowest BCUT2D eigenvalue weighted by molar-refractivity contribution is 0.0851. The molecule has 0 radical (unpaired) electrons. The van der Waals surface area contributed by atoms with Gasteiger partial charge in [0.05, 0.1) is 12.2 Å². The molecule has 1 N–H and O–H groups in total. The summed E-state index contributed by atoms with van der Waals surface area (Å²) in [6.07, 6.45) is 1.80. The van der Waals surface area contributed by atoms with Gasteiger partial charge >= 0.3 is 0 Å². The molecule has 0 aromatic heterocycles. The molecular weight excluding hydrogens is 259 g/mol. The molecule has 0 saturated carbocycles. The van der Waals surface area contributed by atoms with E-state index in [4.69, 9.17) is 27.9 Å². The number of benzene rings is 1. The molecule has 0 aliphatic heterocycles. The second-order valence-corrected chi connectivity index (χ2v) is 5.06. The van der Waals surface area contributed by atoms with Crippen molar-refractivity contribution in [3.05, 3.63) is 33.8 Å². The number of ether oxygens (including phenoxy) is 1. The summed E-state index contributed by atoms with van der Waals surface area (Å²) in [5, 5.41) is 11.2. The molecule has 96 valence electrons. The second kappa shape index (κ2) is 7.22. The van der Waals surface area contributed by atoms with Crippen molar-refractivity contribution >= 4 is 23.2 Å². The van der Waals surface area contributed by atoms with Gasteiger partial charge in [-0.2, -0.15) is 0 Å². The molecular formula is C13H18Cl2O2. The van der Waals surface area contributed by atoms with Crippen molar-refractivity contribution in [2.45, 2.75) is 38.4 Å². The molecule has 2 nitrogen and oxygen atoms in total. The third kappa shape index (κ3) is 5.26. The van der Waals surface area contributed by atoms with Gasteiger partial charge in [-0.05, 0) is 49.9 Å². The number of methoxy groups -OCH3 is 1. The Kier molecular flexibility index (Phi) is 6.28. The van der Waals surface area contributed by atoms with Crippen LogP contribution in [0.3, 0.4) is 0 Å². The van der Waals surface area contributed by atoms with Gasteiger partial charge in [-0.3, -0.25) is 0 Å². The van der Waals surface area contributed by atoms with Gasteiger partial charge in [-0.1, -0.05) is 23.2 Å². The smallest absolute Gasteiger partial charge is 0.0582 e. The van der Waals surface area contributed by atoms with Gasteiger partial charge in [0.15, 0.2) is 0 Å². The third-order valence-corrected chi connectivity index (χ3v) is 3.38. The summed E-state index contributed by atoms with van der Waals surface area (Å²) >= 11 is 11.9. The van der Waals surface area contributed by atoms with Gasteiger partial charge in [-0.25, -0.2) is 0 Å². The van der Waals surface area contributed by atoms with Crippen molar-refractivity contribution in [2.75, 3.05) is 7.11 Å². The van der Waals surface area contributed by atoms with Gasteiger partial charge in [0, 0.05) is 17.2 Å². The molecule has 0 aliphatic rings. The van der Waals surface area contributed by atoms with Gasteiger partial charge in [0.2, 0.25) is 0 Å². The Morgan fingerprint density at radius 3 is 2.65 bits per heavy atom. The minimum atomic E-state index is -0.413. The molecule has 4 heteroatoms. The Morgan fingerprint density at radius 1 is 1.29 bits per heavy atom. The largest absolute Gasteiger partial charge is 0.393 e. The summed E-state index contributed by atoms with van der Waals surface area (Å²) in [5.41, 5.74) is 0.886. The van der Waals surface area contributed by atoms with E-state index in [1.807, 2.05) is 6.92 Å². The van der Waals surface area contributed by atoms with Crippen molar-refractivity contribution < 1.29 is 9.84 Å². The Morgan fingerprint density at radius 2 is 2.00 bits per heavy atom. The van der Waals surface area contributed by atoms with E-state index in [0.717, 1.165) is 12.0 Å². The first-order valence-electron chi connectivity index (χ1n) is 5.67. The normalized spacial score (nSPS) is 14.6. The highest BCUT2D eigenvalue weighted by Crippen LogP contribution is 2.22. The van der Waals surface area contributed by atoms with Crippen LogP contribution in [0.25, 0.3) is 0 Å². The van der Waals surface area contributed by atoms with E-state index in [9.17, 15) is 5.11 Å². The molecule has 0 aliphatic carbocycles. The molecule has 1 rings (SSSR count). The average molecular weight is 277 g/mol. The number of aliphatic hydroxyl groups is 1. The van der Waals surface area contributed by atoms with Gasteiger partial charge in [0.1, 0.15) is 0 Å². The predicted octanol–water partition coefficient (Wildman–Crippen LogP) is 3.71. The molecule has 2 atom stereocenters. The molecule has 17 heavy (non-hydrogen) atoms. The highest BCUT2D eigenvalue weighted by Gasteiger charge is 2.11. The van der Waals surface area contributed by atoms with E-state index in [1.165, 1.54) is 0 Å². The maximum Gasteiger partial charge on any atom is 0.0582 e. The zero-order valence-corrected chi connectivity index (χ0v) is 11.6. The predicted molar refractivity (Wildman–Crippen MR) is 71.9 cm³/mol. The zero-order valence-electron chi connectivity index (χ0n) is 10.1. The van der Waals surface area contributed by atoms with Crippen molar-refractivity contribution in [3.8, 4) is 0 Å². The van der Waals surface area contributed by atoms with Crippen LogP contribution < -0.4 is 0 Å². The lowest BCUT2D eigenvalue weighted by atomic mass is 10.0. The molecule has 1 aromatic carbocycles. The fraction of sp³-hybridized carbons (Fsp3) is 0.538. The minimum absolute atomic E-state index is 0.166. The molecule has 0 amide bonds. The summed E-state index contributed by atoms with van der Waals surface area (Å²) in [4.78, 5) is 0. The summed E-state index contributed by atoms with van der Waals surface area (Å²) in [6, 6.07) is 5.29. The zero-order chi connectivity index (χ0) is 12.8. The van der Waals surface area contributed by atoms with Crippen LogP contribution >= 0.6 is 23.2 Å². The van der Waals surface area contributed by atoms with Gasteiger partial charge in [0.25, 0.3) is 0 Å². The molecule has 0 heterocycles. The third-order valence-electron chi connectivity index (χ3n) is 2.77. The number of halogens is 2. The number of aliphatic hydroxyl groups excluding tert-OH is 1.